The molecule has 0 unspecified atom stereocenters. The fourth-order valence-electron chi connectivity index (χ4n) is 3.97. The number of rotatable bonds is 9. The number of likely N-dealkylation sites (tertiary alicyclic amines) is 1. The van der Waals surface area contributed by atoms with Crippen molar-refractivity contribution in [2.24, 2.45) is 0 Å². The smallest absolute Gasteiger partial charge is 0.274 e. The molecular formula is C25H25F2N3O4S2. The van der Waals surface area contributed by atoms with Crippen LogP contribution < -0.4 is 4.74 Å². The van der Waals surface area contributed by atoms with Gasteiger partial charge in [0.05, 0.1) is 9.60 Å². The van der Waals surface area contributed by atoms with Gasteiger partial charge >= 0.3 is 0 Å². The van der Waals surface area contributed by atoms with Crippen LogP contribution in [0.3, 0.4) is 0 Å². The van der Waals surface area contributed by atoms with Gasteiger partial charge in [-0.1, -0.05) is 23.5 Å². The first-order valence-corrected chi connectivity index (χ1v) is 13.5. The average Bonchev–Trinajstić information content (AvgIpc) is 3.26. The Labute approximate surface area is 212 Å². The molecule has 1 saturated heterocycles. The molecule has 0 spiro atoms. The lowest BCUT2D eigenvalue weighted by Gasteiger charge is -2.31. The standard InChI is InChI=1S/C25H25F2N3O4S2/c1-3-11-30(12-4-2)36(32,33)20-7-5-17(6-8-20)24(31)29-13-9-19(10-14-29)34-25-28-23-21(27)15-18(26)16-22(23)35-25/h3-8,15-16,19H,1-2,9-14H2. The van der Waals surface area contributed by atoms with E-state index in [1.807, 2.05) is 0 Å². The van der Waals surface area contributed by atoms with Gasteiger partial charge in [-0.15, -0.1) is 13.2 Å². The third-order valence-electron chi connectivity index (χ3n) is 5.79. The van der Waals surface area contributed by atoms with Crippen molar-refractivity contribution >= 4 is 37.5 Å². The van der Waals surface area contributed by atoms with E-state index in [-0.39, 0.29) is 40.7 Å². The van der Waals surface area contributed by atoms with Gasteiger partial charge in [-0.25, -0.2) is 17.2 Å². The summed E-state index contributed by atoms with van der Waals surface area (Å²) in [6.07, 6.45) is 3.88. The summed E-state index contributed by atoms with van der Waals surface area (Å²) in [5.41, 5.74) is 0.461. The number of piperidine rings is 1. The van der Waals surface area contributed by atoms with Crippen LogP contribution in [0.5, 0.6) is 5.19 Å². The number of sulfonamides is 1. The first-order chi connectivity index (χ1) is 17.2. The second-order valence-corrected chi connectivity index (χ2v) is 11.2. The fourth-order valence-corrected chi connectivity index (χ4v) is 6.27. The number of nitrogens with zero attached hydrogens (tertiary/aromatic N) is 3. The Hall–Kier alpha value is -3.15. The molecule has 0 atom stereocenters. The minimum Gasteiger partial charge on any atom is -0.467 e. The second kappa shape index (κ2) is 10.9. The molecule has 3 aromatic rings. The van der Waals surface area contributed by atoms with Gasteiger partial charge in [0, 0.05) is 50.7 Å². The van der Waals surface area contributed by atoms with E-state index in [9.17, 15) is 22.0 Å². The minimum atomic E-state index is -3.74. The van der Waals surface area contributed by atoms with Crippen LogP contribution in [0, 0.1) is 11.6 Å². The number of fused-ring (bicyclic) bond motifs is 1. The van der Waals surface area contributed by atoms with Gasteiger partial charge in [0.1, 0.15) is 17.4 Å². The van der Waals surface area contributed by atoms with E-state index in [2.05, 4.69) is 18.1 Å². The molecule has 2 heterocycles. The van der Waals surface area contributed by atoms with Gasteiger partial charge in [0.2, 0.25) is 10.0 Å². The Morgan fingerprint density at radius 1 is 1.14 bits per heavy atom. The molecule has 1 fully saturated rings. The summed E-state index contributed by atoms with van der Waals surface area (Å²) in [6, 6.07) is 7.87. The van der Waals surface area contributed by atoms with Crippen molar-refractivity contribution in [3.05, 3.63) is 78.9 Å². The number of hydrogen-bond acceptors (Lipinski definition) is 6. The van der Waals surface area contributed by atoms with Crippen LogP contribution >= 0.6 is 11.3 Å². The molecule has 1 aliphatic rings. The van der Waals surface area contributed by atoms with Gasteiger partial charge in [0.15, 0.2) is 5.82 Å². The molecule has 1 amide bonds. The maximum absolute atomic E-state index is 13.9. The lowest BCUT2D eigenvalue weighted by Crippen LogP contribution is -2.41. The highest BCUT2D eigenvalue weighted by atomic mass is 32.2. The van der Waals surface area contributed by atoms with Crippen LogP contribution in [0.4, 0.5) is 8.78 Å². The first kappa shape index (κ1) is 25.9. The van der Waals surface area contributed by atoms with Crippen molar-refractivity contribution in [1.29, 1.82) is 0 Å². The molecule has 0 aliphatic carbocycles. The average molecular weight is 534 g/mol. The largest absolute Gasteiger partial charge is 0.467 e. The minimum absolute atomic E-state index is 0.0755. The fraction of sp³-hybridized carbons (Fsp3) is 0.280. The van der Waals surface area contributed by atoms with Crippen molar-refractivity contribution in [2.75, 3.05) is 26.2 Å². The molecule has 0 bridgehead atoms. The van der Waals surface area contributed by atoms with E-state index in [4.69, 9.17) is 4.74 Å². The zero-order valence-electron chi connectivity index (χ0n) is 19.4. The van der Waals surface area contributed by atoms with Crippen LogP contribution in [0.15, 0.2) is 66.6 Å². The highest BCUT2D eigenvalue weighted by Gasteiger charge is 2.27. The Morgan fingerprint density at radius 2 is 1.78 bits per heavy atom. The van der Waals surface area contributed by atoms with Gasteiger partial charge in [-0.2, -0.15) is 9.29 Å². The lowest BCUT2D eigenvalue weighted by molar-refractivity contribution is 0.0595. The van der Waals surface area contributed by atoms with Gasteiger partial charge in [-0.05, 0) is 30.3 Å². The number of thiazole rings is 1. The summed E-state index contributed by atoms with van der Waals surface area (Å²) in [7, 11) is -3.74. The van der Waals surface area contributed by atoms with Crippen molar-refractivity contribution in [3.63, 3.8) is 0 Å². The van der Waals surface area contributed by atoms with Crippen LogP contribution in [0.25, 0.3) is 10.2 Å². The third-order valence-corrected chi connectivity index (χ3v) is 8.53. The summed E-state index contributed by atoms with van der Waals surface area (Å²) >= 11 is 1.08. The summed E-state index contributed by atoms with van der Waals surface area (Å²) in [5.74, 6) is -1.60. The molecule has 0 saturated carbocycles. The number of hydrogen-bond donors (Lipinski definition) is 0. The third kappa shape index (κ3) is 5.48. The maximum Gasteiger partial charge on any atom is 0.274 e. The van der Waals surface area contributed by atoms with E-state index < -0.39 is 21.7 Å². The van der Waals surface area contributed by atoms with Crippen LogP contribution in [-0.2, 0) is 10.0 Å². The normalized spacial score (nSPS) is 14.8. The molecule has 0 radical (unpaired) electrons. The molecule has 2 aromatic carbocycles. The number of carbonyl (C=O) groups excluding carboxylic acids is 1. The highest BCUT2D eigenvalue weighted by Crippen LogP contribution is 2.32. The van der Waals surface area contributed by atoms with E-state index in [1.165, 1.54) is 46.8 Å². The van der Waals surface area contributed by atoms with E-state index in [0.29, 0.717) is 36.2 Å². The topological polar surface area (TPSA) is 79.8 Å². The number of aromatic nitrogens is 1. The molecule has 36 heavy (non-hydrogen) atoms. The monoisotopic (exact) mass is 533 g/mol. The van der Waals surface area contributed by atoms with Crippen molar-refractivity contribution in [2.45, 2.75) is 23.8 Å². The van der Waals surface area contributed by atoms with Crippen LogP contribution in [0.2, 0.25) is 0 Å². The van der Waals surface area contributed by atoms with E-state index >= 15 is 0 Å². The Balaban J connectivity index is 1.37. The molecular weight excluding hydrogens is 508 g/mol. The molecule has 0 N–H and O–H groups in total. The molecule has 190 valence electrons. The quantitative estimate of drug-likeness (QED) is 0.375. The number of ether oxygens (including phenoxy) is 1. The zero-order valence-corrected chi connectivity index (χ0v) is 21.0. The summed E-state index contributed by atoms with van der Waals surface area (Å²) in [6.45, 7) is 8.35. The Bertz CT molecular complexity index is 1370. The highest BCUT2D eigenvalue weighted by molar-refractivity contribution is 7.89. The molecule has 4 rings (SSSR count). The summed E-state index contributed by atoms with van der Waals surface area (Å²) in [5, 5.41) is 0.262. The first-order valence-electron chi connectivity index (χ1n) is 11.3. The zero-order chi connectivity index (χ0) is 25.9. The number of carbonyl (C=O) groups is 1. The SMILES string of the molecule is C=CCN(CC=C)S(=O)(=O)c1ccc(C(=O)N2CCC(Oc3nc4c(F)cc(F)cc4s3)CC2)cc1. The molecule has 1 aliphatic heterocycles. The van der Waals surface area contributed by atoms with Crippen molar-refractivity contribution < 1.29 is 26.7 Å². The van der Waals surface area contributed by atoms with Gasteiger partial charge in [0.25, 0.3) is 11.1 Å². The number of halogens is 2. The van der Waals surface area contributed by atoms with E-state index in [1.54, 1.807) is 4.90 Å². The van der Waals surface area contributed by atoms with Crippen molar-refractivity contribution in [1.82, 2.24) is 14.2 Å². The maximum atomic E-state index is 13.9. The molecule has 7 nitrogen and oxygen atoms in total. The van der Waals surface area contributed by atoms with Gasteiger partial charge < -0.3 is 9.64 Å². The lowest BCUT2D eigenvalue weighted by atomic mass is 10.1. The molecule has 1 aromatic heterocycles. The molecule has 11 heteroatoms. The van der Waals surface area contributed by atoms with E-state index in [0.717, 1.165) is 17.4 Å². The second-order valence-electron chi connectivity index (χ2n) is 8.25. The predicted molar refractivity (Wildman–Crippen MR) is 135 cm³/mol. The van der Waals surface area contributed by atoms with Crippen LogP contribution in [0.1, 0.15) is 23.2 Å². The Morgan fingerprint density at radius 3 is 2.39 bits per heavy atom. The summed E-state index contributed by atoms with van der Waals surface area (Å²) in [4.78, 5) is 18.9. The summed E-state index contributed by atoms with van der Waals surface area (Å²) < 4.78 is 60.5. The number of benzene rings is 2. The Kier molecular flexibility index (Phi) is 7.82. The predicted octanol–water partition coefficient (Wildman–Crippen LogP) is 4.62. The van der Waals surface area contributed by atoms with Crippen LogP contribution in [-0.4, -0.2) is 60.8 Å². The van der Waals surface area contributed by atoms with Crippen molar-refractivity contribution in [3.8, 4) is 5.19 Å². The number of amides is 1. The van der Waals surface area contributed by atoms with Gasteiger partial charge in [-0.3, -0.25) is 4.79 Å².